The molecule has 0 saturated heterocycles. The topological polar surface area (TPSA) is 61.8 Å². The van der Waals surface area contributed by atoms with E-state index in [0.29, 0.717) is 34.8 Å². The molecule has 0 aliphatic heterocycles. The van der Waals surface area contributed by atoms with Gasteiger partial charge in [-0.1, -0.05) is 13.0 Å². The second-order valence-corrected chi connectivity index (χ2v) is 3.89. The summed E-state index contributed by atoms with van der Waals surface area (Å²) in [5.41, 5.74) is 0.871. The molecule has 20 heavy (non-hydrogen) atoms. The summed E-state index contributed by atoms with van der Waals surface area (Å²) in [6.07, 6.45) is 0.658. The number of allylic oxidation sites excluding steroid dienone is 1. The molecule has 0 aromatic heterocycles. The molecule has 0 radical (unpaired) electrons. The van der Waals surface area contributed by atoms with E-state index in [2.05, 4.69) is 0 Å². The molecule has 1 rings (SSSR count). The second-order valence-electron chi connectivity index (χ2n) is 3.89. The smallest absolute Gasteiger partial charge is 0.225 e. The Morgan fingerprint density at radius 1 is 1.20 bits per heavy atom. The molecular weight excluding hydrogens is 260 g/mol. The summed E-state index contributed by atoms with van der Waals surface area (Å²) in [5, 5.41) is 0. The quantitative estimate of drug-likeness (QED) is 0.331. The van der Waals surface area contributed by atoms with Gasteiger partial charge in [-0.25, -0.2) is 0 Å². The predicted molar refractivity (Wildman–Crippen MR) is 74.8 cm³/mol. The summed E-state index contributed by atoms with van der Waals surface area (Å²) in [7, 11) is 4.47. The lowest BCUT2D eigenvalue weighted by Crippen LogP contribution is -2.08. The molecule has 0 fully saturated rings. The Bertz CT molecular complexity index is 531. The monoisotopic (exact) mass is 278 g/mol. The Kier molecular flexibility index (Phi) is 5.77. The Labute approximate surface area is 118 Å². The number of hydrogen-bond acceptors (Lipinski definition) is 5. The van der Waals surface area contributed by atoms with Crippen molar-refractivity contribution in [1.29, 1.82) is 0 Å². The van der Waals surface area contributed by atoms with Gasteiger partial charge in [-0.3, -0.25) is 9.59 Å². The van der Waals surface area contributed by atoms with Crippen LogP contribution in [0.3, 0.4) is 0 Å². The van der Waals surface area contributed by atoms with E-state index in [1.165, 1.54) is 21.3 Å². The van der Waals surface area contributed by atoms with Gasteiger partial charge in [0.15, 0.2) is 17.8 Å². The molecule has 1 aromatic rings. The molecule has 108 valence electrons. The van der Waals surface area contributed by atoms with Crippen LogP contribution >= 0.6 is 0 Å². The van der Waals surface area contributed by atoms with Crippen molar-refractivity contribution in [3.05, 3.63) is 29.3 Å². The van der Waals surface area contributed by atoms with Crippen LogP contribution in [0, 0.1) is 0 Å². The summed E-state index contributed by atoms with van der Waals surface area (Å²) in [6, 6.07) is 5.24. The number of benzene rings is 1. The van der Waals surface area contributed by atoms with Crippen LogP contribution in [0.15, 0.2) is 23.8 Å². The number of ether oxygens (including phenoxy) is 3. The van der Waals surface area contributed by atoms with E-state index >= 15 is 0 Å². The van der Waals surface area contributed by atoms with E-state index in [-0.39, 0.29) is 6.29 Å². The molecule has 0 heterocycles. The Morgan fingerprint density at radius 3 is 2.35 bits per heavy atom. The molecule has 5 heteroatoms. The fraction of sp³-hybridized carbons (Fsp3) is 0.333. The van der Waals surface area contributed by atoms with Gasteiger partial charge in [0.2, 0.25) is 5.78 Å². The molecule has 0 atom stereocenters. The molecule has 0 aliphatic carbocycles. The second kappa shape index (κ2) is 7.33. The van der Waals surface area contributed by atoms with Crippen LogP contribution in [0.4, 0.5) is 0 Å². The minimum Gasteiger partial charge on any atom is -0.496 e. The standard InChI is InChI=1S/C15H18O5/c1-5-10(12(17)9-16)14(19-3)11-7-6-8-13(18-2)15(11)20-4/h6-9H,5H2,1-4H3. The van der Waals surface area contributed by atoms with Crippen LogP contribution < -0.4 is 9.47 Å². The first-order valence-electron chi connectivity index (χ1n) is 6.12. The molecule has 0 aliphatic rings. The van der Waals surface area contributed by atoms with Gasteiger partial charge in [-0.05, 0) is 18.6 Å². The minimum atomic E-state index is -0.603. The summed E-state index contributed by atoms with van der Waals surface area (Å²) in [5.74, 6) is 0.694. The zero-order valence-corrected chi connectivity index (χ0v) is 12.1. The third-order valence-electron chi connectivity index (χ3n) is 2.88. The van der Waals surface area contributed by atoms with Crippen molar-refractivity contribution >= 4 is 17.8 Å². The van der Waals surface area contributed by atoms with Crippen molar-refractivity contribution in [3.63, 3.8) is 0 Å². The van der Waals surface area contributed by atoms with Crippen molar-refractivity contribution in [2.75, 3.05) is 21.3 Å². The third-order valence-corrected chi connectivity index (χ3v) is 2.88. The fourth-order valence-corrected chi connectivity index (χ4v) is 1.98. The Hall–Kier alpha value is -2.30. The van der Waals surface area contributed by atoms with Gasteiger partial charge in [0.05, 0.1) is 26.9 Å². The SMILES string of the molecule is CCC(C(=O)C=O)=C(OC)c1cccc(OC)c1OC. The van der Waals surface area contributed by atoms with Crippen LogP contribution in [-0.4, -0.2) is 33.4 Å². The molecule has 0 saturated carbocycles. The first-order valence-corrected chi connectivity index (χ1v) is 6.12. The lowest BCUT2D eigenvalue weighted by Gasteiger charge is -2.16. The first kappa shape index (κ1) is 15.8. The zero-order valence-electron chi connectivity index (χ0n) is 12.1. The average Bonchev–Trinajstić information content (AvgIpc) is 2.50. The molecule has 0 N–H and O–H groups in total. The van der Waals surface area contributed by atoms with Crippen LogP contribution in [0.1, 0.15) is 18.9 Å². The molecule has 5 nitrogen and oxygen atoms in total. The van der Waals surface area contributed by atoms with Gasteiger partial charge in [0.1, 0.15) is 5.76 Å². The summed E-state index contributed by atoms with van der Waals surface area (Å²) in [6.45, 7) is 1.78. The van der Waals surface area contributed by atoms with Gasteiger partial charge in [-0.2, -0.15) is 0 Å². The van der Waals surface area contributed by atoms with E-state index in [4.69, 9.17) is 14.2 Å². The van der Waals surface area contributed by atoms with Crippen LogP contribution in [0.25, 0.3) is 5.76 Å². The predicted octanol–water partition coefficient (Wildman–Crippen LogP) is 2.24. The van der Waals surface area contributed by atoms with Gasteiger partial charge in [-0.15, -0.1) is 0 Å². The number of hydrogen-bond donors (Lipinski definition) is 0. The van der Waals surface area contributed by atoms with E-state index in [9.17, 15) is 9.59 Å². The van der Waals surface area contributed by atoms with Crippen LogP contribution in [0.2, 0.25) is 0 Å². The Morgan fingerprint density at radius 2 is 1.90 bits per heavy atom. The summed E-state index contributed by atoms with van der Waals surface area (Å²) >= 11 is 0. The maximum atomic E-state index is 11.7. The number of carbonyl (C=O) groups is 2. The van der Waals surface area contributed by atoms with Crippen molar-refractivity contribution in [1.82, 2.24) is 0 Å². The lowest BCUT2D eigenvalue weighted by molar-refractivity contribution is -0.127. The van der Waals surface area contributed by atoms with E-state index < -0.39 is 5.78 Å². The molecule has 0 spiro atoms. The molecular formula is C15H18O5. The number of Topliss-reactive ketones (excluding diaryl/α,β-unsaturated/α-hetero) is 1. The largest absolute Gasteiger partial charge is 0.496 e. The Balaban J connectivity index is 3.56. The van der Waals surface area contributed by atoms with Crippen molar-refractivity contribution in [2.45, 2.75) is 13.3 Å². The van der Waals surface area contributed by atoms with Gasteiger partial charge in [0.25, 0.3) is 0 Å². The molecule has 0 amide bonds. The van der Waals surface area contributed by atoms with Gasteiger partial charge >= 0.3 is 0 Å². The maximum Gasteiger partial charge on any atom is 0.225 e. The number of aldehydes is 1. The number of methoxy groups -OCH3 is 3. The average molecular weight is 278 g/mol. The lowest BCUT2D eigenvalue weighted by atomic mass is 10.0. The molecule has 1 aromatic carbocycles. The van der Waals surface area contributed by atoms with E-state index in [1.54, 1.807) is 25.1 Å². The number of para-hydroxylation sites is 1. The first-order chi connectivity index (χ1) is 9.64. The van der Waals surface area contributed by atoms with Crippen molar-refractivity contribution in [2.24, 2.45) is 0 Å². The number of ketones is 1. The zero-order chi connectivity index (χ0) is 15.1. The van der Waals surface area contributed by atoms with Crippen LogP contribution in [-0.2, 0) is 14.3 Å². The number of carbonyl (C=O) groups excluding carboxylic acids is 2. The normalized spacial score (nSPS) is 11.4. The van der Waals surface area contributed by atoms with E-state index in [0.717, 1.165) is 0 Å². The highest BCUT2D eigenvalue weighted by Crippen LogP contribution is 2.37. The minimum absolute atomic E-state index is 0.282. The van der Waals surface area contributed by atoms with Gasteiger partial charge in [0, 0.05) is 5.57 Å². The number of rotatable bonds is 7. The third kappa shape index (κ3) is 2.99. The highest BCUT2D eigenvalue weighted by molar-refractivity contribution is 6.34. The van der Waals surface area contributed by atoms with Crippen molar-refractivity contribution < 1.29 is 23.8 Å². The maximum absolute atomic E-state index is 11.7. The van der Waals surface area contributed by atoms with E-state index in [1.807, 2.05) is 0 Å². The molecule has 0 unspecified atom stereocenters. The van der Waals surface area contributed by atoms with Crippen LogP contribution in [0.5, 0.6) is 11.5 Å². The van der Waals surface area contributed by atoms with Gasteiger partial charge < -0.3 is 14.2 Å². The summed E-state index contributed by atoms with van der Waals surface area (Å²) in [4.78, 5) is 22.4. The highest BCUT2D eigenvalue weighted by Gasteiger charge is 2.20. The van der Waals surface area contributed by atoms with Crippen molar-refractivity contribution in [3.8, 4) is 11.5 Å². The summed E-state index contributed by atoms with van der Waals surface area (Å²) < 4.78 is 15.9. The fourth-order valence-electron chi connectivity index (χ4n) is 1.98. The molecule has 0 bridgehead atoms. The highest BCUT2D eigenvalue weighted by atomic mass is 16.5.